The molecule has 4 aliphatic heterocycles. The quantitative estimate of drug-likeness (QED) is 0.580. The summed E-state index contributed by atoms with van der Waals surface area (Å²) in [5, 5.41) is 9.71. The molecule has 4 rings (SSSR count). The topological polar surface area (TPSA) is 18.5 Å². The molecule has 6 nitrogen and oxygen atoms in total. The summed E-state index contributed by atoms with van der Waals surface area (Å²) >= 11 is 0. The molecule has 4 heterocycles. The summed E-state index contributed by atoms with van der Waals surface area (Å²) in [5.41, 5.74) is 0. The minimum absolute atomic E-state index is 0.703. The summed E-state index contributed by atoms with van der Waals surface area (Å²) in [6.07, 6.45) is 1.41. The van der Waals surface area contributed by atoms with Gasteiger partial charge in [-0.15, -0.1) is 0 Å². The maximum atomic E-state index is 2.53. The van der Waals surface area contributed by atoms with E-state index in [1.165, 1.54) is 13.1 Å². The van der Waals surface area contributed by atoms with E-state index in [0.29, 0.717) is 12.3 Å². The maximum Gasteiger partial charge on any atom is 0.0896 e. The van der Waals surface area contributed by atoms with Gasteiger partial charge in [0.05, 0.1) is 39.0 Å². The highest BCUT2D eigenvalue weighted by atomic mass is 15.9. The Morgan fingerprint density at radius 1 is 0.688 bits per heavy atom. The van der Waals surface area contributed by atoms with Crippen molar-refractivity contribution in [1.29, 1.82) is 0 Å². The van der Waals surface area contributed by atoms with Crippen LogP contribution in [0.1, 0.15) is 13.8 Å². The van der Waals surface area contributed by atoms with E-state index in [4.69, 9.17) is 0 Å². The number of rotatable bonds is 3. The smallest absolute Gasteiger partial charge is 0.0896 e. The zero-order valence-corrected chi connectivity index (χ0v) is 10.1. The molecule has 0 aliphatic carbocycles. The Morgan fingerprint density at radius 3 is 1.31 bits per heavy atom. The first-order valence-corrected chi connectivity index (χ1v) is 6.25. The molecule has 4 fully saturated rings. The van der Waals surface area contributed by atoms with Crippen molar-refractivity contribution in [2.75, 3.05) is 39.8 Å². The zero-order valence-electron chi connectivity index (χ0n) is 10.1. The van der Waals surface area contributed by atoms with Crippen LogP contribution in [-0.2, 0) is 0 Å². The minimum atomic E-state index is 0.703. The van der Waals surface area contributed by atoms with Gasteiger partial charge in [-0.25, -0.2) is 20.0 Å². The molecular weight excluding hydrogens is 204 g/mol. The van der Waals surface area contributed by atoms with Gasteiger partial charge in [0.25, 0.3) is 0 Å². The monoisotopic (exact) mass is 224 g/mol. The SMILES string of the molecule is CC1N2CN(CCN3CN4C(C)N4C3)CN12. The van der Waals surface area contributed by atoms with Crippen molar-refractivity contribution in [1.82, 2.24) is 29.8 Å². The van der Waals surface area contributed by atoms with Crippen LogP contribution in [0.25, 0.3) is 0 Å². The third-order valence-electron chi connectivity index (χ3n) is 4.39. The van der Waals surface area contributed by atoms with Gasteiger partial charge in [0.1, 0.15) is 0 Å². The molecule has 0 aromatic rings. The van der Waals surface area contributed by atoms with E-state index in [9.17, 15) is 0 Å². The van der Waals surface area contributed by atoms with Crippen molar-refractivity contribution in [3.8, 4) is 0 Å². The fraction of sp³-hybridized carbons (Fsp3) is 1.00. The summed E-state index contributed by atoms with van der Waals surface area (Å²) in [6, 6.07) is 0. The van der Waals surface area contributed by atoms with Gasteiger partial charge in [-0.1, -0.05) is 0 Å². The molecule has 0 aromatic carbocycles. The molecular formula is C10H20N6. The lowest BCUT2D eigenvalue weighted by molar-refractivity contribution is 0.189. The van der Waals surface area contributed by atoms with E-state index in [-0.39, 0.29) is 0 Å². The summed E-state index contributed by atoms with van der Waals surface area (Å²) in [5.74, 6) is 0. The maximum absolute atomic E-state index is 2.53. The zero-order chi connectivity index (χ0) is 10.9. The van der Waals surface area contributed by atoms with Gasteiger partial charge in [0, 0.05) is 13.1 Å². The normalized spacial score (nSPS) is 55.1. The summed E-state index contributed by atoms with van der Waals surface area (Å²) < 4.78 is 0. The van der Waals surface area contributed by atoms with Crippen LogP contribution in [0.5, 0.6) is 0 Å². The highest BCUT2D eigenvalue weighted by Crippen LogP contribution is 2.33. The Bertz CT molecular complexity index is 256. The largest absolute Gasteiger partial charge is 0.274 e. The van der Waals surface area contributed by atoms with Crippen LogP contribution in [0.15, 0.2) is 0 Å². The molecule has 0 N–H and O–H groups in total. The number of hydrogen-bond donors (Lipinski definition) is 0. The predicted octanol–water partition coefficient (Wildman–Crippen LogP) is -0.795. The molecule has 0 spiro atoms. The Balaban J connectivity index is 1.20. The first-order chi connectivity index (χ1) is 7.74. The third-order valence-corrected chi connectivity index (χ3v) is 4.39. The van der Waals surface area contributed by atoms with Gasteiger partial charge < -0.3 is 0 Å². The number of nitrogens with zero attached hydrogens (tertiary/aromatic N) is 6. The molecule has 0 bridgehead atoms. The average molecular weight is 224 g/mol. The Labute approximate surface area is 96.5 Å². The lowest BCUT2D eigenvalue weighted by Crippen LogP contribution is -2.38. The third kappa shape index (κ3) is 1.35. The Hall–Kier alpha value is -0.240. The standard InChI is InChI=1S/C10H20N6/c1-9-13-5-11(6-14(9)13)3-4-12-7-15-10(2)16(15)8-12/h9-10H,3-8H2,1-2H3. The lowest BCUT2D eigenvalue weighted by atomic mass is 10.5. The molecule has 0 aromatic heterocycles. The van der Waals surface area contributed by atoms with E-state index in [1.807, 2.05) is 0 Å². The number of fused-ring (bicyclic) bond motifs is 2. The number of hydrazine groups is 2. The molecule has 16 heavy (non-hydrogen) atoms. The van der Waals surface area contributed by atoms with Crippen molar-refractivity contribution in [2.24, 2.45) is 0 Å². The van der Waals surface area contributed by atoms with Gasteiger partial charge in [0.15, 0.2) is 0 Å². The van der Waals surface area contributed by atoms with Crippen molar-refractivity contribution in [2.45, 2.75) is 26.2 Å². The van der Waals surface area contributed by atoms with Crippen LogP contribution in [0.4, 0.5) is 0 Å². The molecule has 0 amide bonds. The van der Waals surface area contributed by atoms with Crippen molar-refractivity contribution in [3.05, 3.63) is 0 Å². The van der Waals surface area contributed by atoms with Crippen LogP contribution < -0.4 is 0 Å². The Morgan fingerprint density at radius 2 is 1.00 bits per heavy atom. The highest BCUT2D eigenvalue weighted by molar-refractivity contribution is 4.88. The molecule has 4 atom stereocenters. The van der Waals surface area contributed by atoms with Gasteiger partial charge in [-0.2, -0.15) is 0 Å². The molecule has 4 aliphatic rings. The minimum Gasteiger partial charge on any atom is -0.274 e. The summed E-state index contributed by atoms with van der Waals surface area (Å²) in [4.78, 5) is 5.05. The molecule has 90 valence electrons. The lowest BCUT2D eigenvalue weighted by Gasteiger charge is -2.22. The second-order valence-electron chi connectivity index (χ2n) is 5.38. The fourth-order valence-electron chi connectivity index (χ4n) is 2.99. The van der Waals surface area contributed by atoms with Crippen LogP contribution >= 0.6 is 0 Å². The summed E-state index contributed by atoms with van der Waals surface area (Å²) in [7, 11) is 0. The molecule has 0 saturated carbocycles. The average Bonchev–Trinajstić information content (AvgIpc) is 2.97. The van der Waals surface area contributed by atoms with E-state index in [1.54, 1.807) is 0 Å². The number of hydrogen-bond acceptors (Lipinski definition) is 6. The Kier molecular flexibility index (Phi) is 1.92. The van der Waals surface area contributed by atoms with Gasteiger partial charge in [-0.3, -0.25) is 9.80 Å². The molecule has 4 unspecified atom stereocenters. The first-order valence-electron chi connectivity index (χ1n) is 6.25. The molecule has 6 heteroatoms. The second-order valence-corrected chi connectivity index (χ2v) is 5.38. The van der Waals surface area contributed by atoms with Gasteiger partial charge >= 0.3 is 0 Å². The van der Waals surface area contributed by atoms with Crippen LogP contribution in [-0.4, -0.2) is 81.9 Å². The van der Waals surface area contributed by atoms with E-state index < -0.39 is 0 Å². The van der Waals surface area contributed by atoms with Crippen molar-refractivity contribution < 1.29 is 0 Å². The van der Waals surface area contributed by atoms with Crippen LogP contribution in [0.2, 0.25) is 0 Å². The van der Waals surface area contributed by atoms with Crippen molar-refractivity contribution >= 4 is 0 Å². The van der Waals surface area contributed by atoms with Crippen LogP contribution in [0.3, 0.4) is 0 Å². The van der Waals surface area contributed by atoms with Crippen molar-refractivity contribution in [3.63, 3.8) is 0 Å². The molecule has 0 radical (unpaired) electrons. The van der Waals surface area contributed by atoms with E-state index >= 15 is 0 Å². The molecule has 4 saturated heterocycles. The van der Waals surface area contributed by atoms with Gasteiger partial charge in [-0.05, 0) is 13.8 Å². The first kappa shape index (κ1) is 9.76. The second kappa shape index (κ2) is 3.16. The highest BCUT2D eigenvalue weighted by Gasteiger charge is 2.49. The fourth-order valence-corrected chi connectivity index (χ4v) is 2.99. The van der Waals surface area contributed by atoms with E-state index in [2.05, 4.69) is 43.7 Å². The van der Waals surface area contributed by atoms with E-state index in [0.717, 1.165) is 26.7 Å². The summed E-state index contributed by atoms with van der Waals surface area (Å²) in [6.45, 7) is 11.5. The van der Waals surface area contributed by atoms with Crippen LogP contribution in [0, 0.1) is 0 Å². The predicted molar refractivity (Wildman–Crippen MR) is 59.2 cm³/mol. The van der Waals surface area contributed by atoms with Gasteiger partial charge in [0.2, 0.25) is 0 Å².